The zero-order chi connectivity index (χ0) is 21.5. The summed E-state index contributed by atoms with van der Waals surface area (Å²) in [4.78, 5) is 4.67. The number of hydrogen-bond acceptors (Lipinski definition) is 5. The number of nitrogens with zero attached hydrogens (tertiary/aromatic N) is 2. The number of aryl methyl sites for hydroxylation is 2. The molecule has 1 heterocycles. The van der Waals surface area contributed by atoms with Crippen LogP contribution in [0.15, 0.2) is 42.5 Å². The van der Waals surface area contributed by atoms with Crippen molar-refractivity contribution in [2.75, 3.05) is 30.3 Å². The smallest absolute Gasteiger partial charge is 0.170 e. The van der Waals surface area contributed by atoms with E-state index in [1.165, 1.54) is 0 Å². The molecule has 0 aliphatic carbocycles. The summed E-state index contributed by atoms with van der Waals surface area (Å²) in [5.74, 6) is 1.41. The second kappa shape index (κ2) is 9.90. The summed E-state index contributed by atoms with van der Waals surface area (Å²) >= 11 is 5.34. The van der Waals surface area contributed by atoms with Crippen LogP contribution in [-0.2, 0) is 0 Å². The molecule has 0 unspecified atom stereocenters. The van der Waals surface area contributed by atoms with Crippen molar-refractivity contribution in [1.29, 1.82) is 5.26 Å². The van der Waals surface area contributed by atoms with Crippen molar-refractivity contribution >= 4 is 39.7 Å². The first-order chi connectivity index (χ1) is 14.5. The molecular weight excluding hydrogens is 394 g/mol. The summed E-state index contributed by atoms with van der Waals surface area (Å²) in [5, 5.41) is 20.5. The summed E-state index contributed by atoms with van der Waals surface area (Å²) < 4.78 is 5.43. The summed E-state index contributed by atoms with van der Waals surface area (Å²) in [6, 6.07) is 15.9. The molecule has 0 radical (unpaired) electrons. The number of hydrogen-bond donors (Lipinski definition) is 3. The number of thiocarbonyl (C=S) groups is 1. The van der Waals surface area contributed by atoms with Crippen LogP contribution in [0.25, 0.3) is 10.9 Å². The minimum atomic E-state index is 0.527. The van der Waals surface area contributed by atoms with Crippen LogP contribution in [-0.4, -0.2) is 29.8 Å². The van der Waals surface area contributed by atoms with Gasteiger partial charge < -0.3 is 20.7 Å². The molecule has 0 atom stereocenters. The van der Waals surface area contributed by atoms with E-state index < -0.39 is 0 Å². The highest BCUT2D eigenvalue weighted by atomic mass is 32.1. The van der Waals surface area contributed by atoms with Gasteiger partial charge in [0, 0.05) is 24.2 Å². The van der Waals surface area contributed by atoms with Crippen LogP contribution < -0.4 is 20.7 Å². The van der Waals surface area contributed by atoms with Gasteiger partial charge in [0.05, 0.1) is 17.7 Å². The highest BCUT2D eigenvalue weighted by molar-refractivity contribution is 7.80. The third kappa shape index (κ3) is 5.37. The maximum Gasteiger partial charge on any atom is 0.170 e. The first kappa shape index (κ1) is 21.3. The Morgan fingerprint density at radius 1 is 1.13 bits per heavy atom. The lowest BCUT2D eigenvalue weighted by atomic mass is 10.1. The van der Waals surface area contributed by atoms with Crippen molar-refractivity contribution in [3.63, 3.8) is 0 Å². The molecule has 0 aliphatic rings. The van der Waals surface area contributed by atoms with Crippen LogP contribution in [0.5, 0.6) is 5.75 Å². The van der Waals surface area contributed by atoms with E-state index in [1.54, 1.807) is 0 Å². The van der Waals surface area contributed by atoms with E-state index >= 15 is 0 Å². The lowest BCUT2D eigenvalue weighted by Gasteiger charge is -2.13. The first-order valence-corrected chi connectivity index (χ1v) is 10.2. The summed E-state index contributed by atoms with van der Waals surface area (Å²) in [7, 11) is 0. The molecule has 0 aliphatic heterocycles. The minimum Gasteiger partial charge on any atom is -0.494 e. The van der Waals surface area contributed by atoms with Gasteiger partial charge in [-0.15, -0.1) is 0 Å². The van der Waals surface area contributed by atoms with Crippen LogP contribution in [0.4, 0.5) is 11.5 Å². The highest BCUT2D eigenvalue weighted by Gasteiger charge is 2.09. The largest absolute Gasteiger partial charge is 0.494 e. The fourth-order valence-electron chi connectivity index (χ4n) is 3.20. The summed E-state index contributed by atoms with van der Waals surface area (Å²) in [6.45, 7) is 7.82. The van der Waals surface area contributed by atoms with Gasteiger partial charge in [-0.3, -0.25) is 0 Å². The normalized spacial score (nSPS) is 10.3. The fraction of sp³-hybridized carbons (Fsp3) is 0.261. The van der Waals surface area contributed by atoms with Crippen molar-refractivity contribution in [2.45, 2.75) is 20.8 Å². The maximum atomic E-state index is 9.49. The Morgan fingerprint density at radius 2 is 1.90 bits per heavy atom. The number of nitrogens with one attached hydrogen (secondary N) is 3. The molecule has 0 fully saturated rings. The molecule has 30 heavy (non-hydrogen) atoms. The van der Waals surface area contributed by atoms with Gasteiger partial charge in [0.1, 0.15) is 17.6 Å². The topological polar surface area (TPSA) is 82.0 Å². The lowest BCUT2D eigenvalue weighted by molar-refractivity contribution is 0.340. The van der Waals surface area contributed by atoms with E-state index in [1.807, 2.05) is 57.2 Å². The number of pyridine rings is 1. The number of fused-ring (bicyclic) bond motifs is 1. The van der Waals surface area contributed by atoms with Crippen molar-refractivity contribution < 1.29 is 4.74 Å². The average Bonchev–Trinajstić information content (AvgIpc) is 2.72. The molecule has 3 rings (SSSR count). The second-order valence-corrected chi connectivity index (χ2v) is 7.32. The molecule has 7 heteroatoms. The molecule has 3 N–H and O–H groups in total. The van der Waals surface area contributed by atoms with Crippen LogP contribution >= 0.6 is 12.2 Å². The predicted octanol–water partition coefficient (Wildman–Crippen LogP) is 4.52. The molecule has 3 aromatic rings. The van der Waals surface area contributed by atoms with Crippen molar-refractivity contribution in [3.05, 3.63) is 59.2 Å². The van der Waals surface area contributed by atoms with E-state index in [0.717, 1.165) is 33.5 Å². The molecule has 0 amide bonds. The van der Waals surface area contributed by atoms with E-state index in [9.17, 15) is 5.26 Å². The third-order valence-corrected chi connectivity index (χ3v) is 4.75. The molecule has 1 aromatic heterocycles. The quantitative estimate of drug-likeness (QED) is 0.384. The molecule has 154 valence electrons. The van der Waals surface area contributed by atoms with Gasteiger partial charge in [-0.1, -0.05) is 11.6 Å². The van der Waals surface area contributed by atoms with Gasteiger partial charge in [-0.25, -0.2) is 4.98 Å². The molecule has 6 nitrogen and oxygen atoms in total. The number of anilines is 2. The number of benzene rings is 2. The van der Waals surface area contributed by atoms with Gasteiger partial charge in [0.15, 0.2) is 5.11 Å². The van der Waals surface area contributed by atoms with Gasteiger partial charge >= 0.3 is 0 Å². The van der Waals surface area contributed by atoms with Crippen LogP contribution in [0, 0.1) is 25.2 Å². The maximum absolute atomic E-state index is 9.49. The minimum absolute atomic E-state index is 0.527. The van der Waals surface area contributed by atoms with Gasteiger partial charge in [0.2, 0.25) is 0 Å². The summed E-state index contributed by atoms with van der Waals surface area (Å²) in [6.07, 6.45) is 0. The Bertz CT molecular complexity index is 1090. The van der Waals surface area contributed by atoms with E-state index in [4.69, 9.17) is 17.0 Å². The Balaban J connectivity index is 1.55. The standard InChI is InChI=1S/C23H25N5OS/c1-4-29-20-7-5-19(6-8-20)27-23(30)26-10-9-25-22-18(14-24)13-17-12-15(2)11-16(3)21(17)28-22/h5-8,11-13H,4,9-10H2,1-3H3,(H,25,28)(H2,26,27,30). The SMILES string of the molecule is CCOc1ccc(NC(=S)NCCNc2nc3c(C)cc(C)cc3cc2C#N)cc1. The number of ether oxygens (including phenoxy) is 1. The van der Waals surface area contributed by atoms with Crippen molar-refractivity contribution in [2.24, 2.45) is 0 Å². The second-order valence-electron chi connectivity index (χ2n) is 6.91. The number of rotatable bonds is 7. The molecule has 0 bridgehead atoms. The molecule has 0 saturated carbocycles. The first-order valence-electron chi connectivity index (χ1n) is 9.84. The van der Waals surface area contributed by atoms with E-state index in [-0.39, 0.29) is 0 Å². The van der Waals surface area contributed by atoms with Crippen LogP contribution in [0.2, 0.25) is 0 Å². The Labute approximate surface area is 182 Å². The Kier molecular flexibility index (Phi) is 7.04. The molecular formula is C23H25N5OS. The number of nitriles is 1. The van der Waals surface area contributed by atoms with Crippen LogP contribution in [0.1, 0.15) is 23.6 Å². The lowest BCUT2D eigenvalue weighted by Crippen LogP contribution is -2.32. The van der Waals surface area contributed by atoms with Gasteiger partial charge in [-0.05, 0) is 75.0 Å². The fourth-order valence-corrected chi connectivity index (χ4v) is 3.42. The van der Waals surface area contributed by atoms with Crippen molar-refractivity contribution in [1.82, 2.24) is 10.3 Å². The highest BCUT2D eigenvalue weighted by Crippen LogP contribution is 2.24. The average molecular weight is 420 g/mol. The van der Waals surface area contributed by atoms with Crippen molar-refractivity contribution in [3.8, 4) is 11.8 Å². The monoisotopic (exact) mass is 419 g/mol. The van der Waals surface area contributed by atoms with Crippen LogP contribution in [0.3, 0.4) is 0 Å². The van der Waals surface area contributed by atoms with E-state index in [0.29, 0.717) is 36.2 Å². The third-order valence-electron chi connectivity index (χ3n) is 4.50. The van der Waals surface area contributed by atoms with Gasteiger partial charge in [-0.2, -0.15) is 5.26 Å². The zero-order valence-corrected chi connectivity index (χ0v) is 18.2. The molecule has 2 aromatic carbocycles. The zero-order valence-electron chi connectivity index (χ0n) is 17.4. The summed E-state index contributed by atoms with van der Waals surface area (Å²) in [5.41, 5.74) is 4.57. The van der Waals surface area contributed by atoms with Gasteiger partial charge in [0.25, 0.3) is 0 Å². The molecule has 0 spiro atoms. The number of aromatic nitrogens is 1. The molecule has 0 saturated heterocycles. The predicted molar refractivity (Wildman–Crippen MR) is 126 cm³/mol. The van der Waals surface area contributed by atoms with E-state index in [2.05, 4.69) is 33.1 Å². The Morgan fingerprint density at radius 3 is 2.60 bits per heavy atom. The Hall–Kier alpha value is -3.37.